The second-order valence-corrected chi connectivity index (χ2v) is 5.52. The molecule has 0 aliphatic carbocycles. The van der Waals surface area contributed by atoms with E-state index in [2.05, 4.69) is 21.2 Å². The number of aromatic nitrogens is 3. The number of rotatable bonds is 3. The van der Waals surface area contributed by atoms with Gasteiger partial charge in [0.25, 0.3) is 5.56 Å². The molecule has 128 valence electrons. The van der Waals surface area contributed by atoms with Gasteiger partial charge >= 0.3 is 5.69 Å². The summed E-state index contributed by atoms with van der Waals surface area (Å²) in [5, 5.41) is 6.18. The van der Waals surface area contributed by atoms with Crippen LogP contribution in [0.1, 0.15) is 0 Å². The molecule has 0 aliphatic rings. The monoisotopic (exact) mass is 463 g/mol. The molecule has 11 heteroatoms. The van der Waals surface area contributed by atoms with E-state index in [9.17, 15) is 9.59 Å². The van der Waals surface area contributed by atoms with Gasteiger partial charge in [0.15, 0.2) is 5.69 Å². The second kappa shape index (κ2) is 9.37. The summed E-state index contributed by atoms with van der Waals surface area (Å²) in [4.78, 5) is 24.9. The predicted octanol–water partition coefficient (Wildman–Crippen LogP) is 2.22. The van der Waals surface area contributed by atoms with Crippen LogP contribution < -0.4 is 21.7 Å². The van der Waals surface area contributed by atoms with E-state index in [-0.39, 0.29) is 62.6 Å². The fourth-order valence-electron chi connectivity index (χ4n) is 1.94. The van der Waals surface area contributed by atoms with Crippen molar-refractivity contribution >= 4 is 37.3 Å². The SMILES string of the molecule is Nc1[c-]cc(Oc2c(Cl)cc(-c3n[nH]c(=O)[nH]c3=O)cc2Cl)cc1.[B].[Y]. The Morgan fingerprint density at radius 1 is 1.15 bits per heavy atom. The first kappa shape index (κ1) is 22.4. The maximum Gasteiger partial charge on any atom is 0.342 e. The molecule has 4 radical (unpaired) electrons. The van der Waals surface area contributed by atoms with Gasteiger partial charge in [-0.15, -0.1) is 18.2 Å². The molecule has 3 aromatic rings. The fourth-order valence-corrected chi connectivity index (χ4v) is 2.51. The van der Waals surface area contributed by atoms with E-state index >= 15 is 0 Å². The Morgan fingerprint density at radius 2 is 1.81 bits per heavy atom. The van der Waals surface area contributed by atoms with Crippen molar-refractivity contribution in [2.24, 2.45) is 0 Å². The smallest absolute Gasteiger partial charge is 0.342 e. The zero-order chi connectivity index (χ0) is 17.3. The van der Waals surface area contributed by atoms with Gasteiger partial charge in [-0.05, 0) is 12.1 Å². The molecule has 0 saturated carbocycles. The number of halogens is 2. The van der Waals surface area contributed by atoms with Gasteiger partial charge in [0, 0.05) is 52.4 Å². The number of hydrogen-bond acceptors (Lipinski definition) is 5. The third-order valence-corrected chi connectivity index (χ3v) is 3.57. The summed E-state index contributed by atoms with van der Waals surface area (Å²) in [5.74, 6) is 0.655. The van der Waals surface area contributed by atoms with E-state index < -0.39 is 11.2 Å². The number of hydrogen-bond donors (Lipinski definition) is 3. The summed E-state index contributed by atoms with van der Waals surface area (Å²) in [5.41, 5.74) is 4.97. The maximum atomic E-state index is 11.8. The molecule has 0 aliphatic heterocycles. The zero-order valence-electron chi connectivity index (χ0n) is 13.0. The molecule has 0 amide bonds. The molecule has 0 atom stereocenters. The molecule has 0 bridgehead atoms. The number of nitrogens with zero attached hydrogens (tertiary/aromatic N) is 1. The van der Waals surface area contributed by atoms with Gasteiger partial charge in [-0.3, -0.25) is 9.78 Å². The van der Waals surface area contributed by atoms with Crippen molar-refractivity contribution < 1.29 is 37.4 Å². The van der Waals surface area contributed by atoms with Gasteiger partial charge in [-0.2, -0.15) is 11.2 Å². The van der Waals surface area contributed by atoms with Crippen LogP contribution in [0.3, 0.4) is 0 Å². The van der Waals surface area contributed by atoms with E-state index in [0.29, 0.717) is 17.0 Å². The first-order valence-corrected chi connectivity index (χ1v) is 7.33. The molecule has 0 saturated heterocycles. The molecule has 0 unspecified atom stereocenters. The second-order valence-electron chi connectivity index (χ2n) is 4.71. The fraction of sp³-hybridized carbons (Fsp3) is 0. The van der Waals surface area contributed by atoms with Crippen molar-refractivity contribution in [3.8, 4) is 22.8 Å². The predicted molar refractivity (Wildman–Crippen MR) is 96.5 cm³/mol. The number of nitrogen functional groups attached to an aromatic ring is 1. The molecule has 3 rings (SSSR count). The van der Waals surface area contributed by atoms with Crippen LogP contribution in [0, 0.1) is 6.07 Å². The minimum atomic E-state index is -0.708. The Balaban J connectivity index is 0.00000169. The van der Waals surface area contributed by atoms with Gasteiger partial charge in [-0.25, -0.2) is 9.89 Å². The average molecular weight is 464 g/mol. The molecule has 2 aromatic carbocycles. The Kier molecular flexibility index (Phi) is 8.09. The van der Waals surface area contributed by atoms with Gasteiger partial charge in [-0.1, -0.05) is 28.9 Å². The van der Waals surface area contributed by atoms with E-state index in [1.807, 2.05) is 0 Å². The van der Waals surface area contributed by atoms with Crippen molar-refractivity contribution in [1.82, 2.24) is 15.2 Å². The summed E-state index contributed by atoms with van der Waals surface area (Å²) in [6.07, 6.45) is 0. The van der Waals surface area contributed by atoms with Gasteiger partial charge in [0.2, 0.25) is 0 Å². The third-order valence-electron chi connectivity index (χ3n) is 3.01. The molecule has 4 N–H and O–H groups in total. The number of nitrogens with two attached hydrogens (primary N) is 1. The molecular weight excluding hydrogens is 455 g/mol. The molecule has 26 heavy (non-hydrogen) atoms. The van der Waals surface area contributed by atoms with Crippen LogP contribution in [0.4, 0.5) is 5.69 Å². The number of aromatic amines is 2. The first-order chi connectivity index (χ1) is 11.4. The first-order valence-electron chi connectivity index (χ1n) is 6.57. The molecular formula is C15H9BCl2N4O3Y-. The third kappa shape index (κ3) is 4.98. The number of benzene rings is 2. The van der Waals surface area contributed by atoms with Crippen LogP contribution >= 0.6 is 23.2 Å². The minimum absolute atomic E-state index is 0. The van der Waals surface area contributed by atoms with E-state index in [1.165, 1.54) is 12.1 Å². The molecule has 0 fully saturated rings. The zero-order valence-corrected chi connectivity index (χ0v) is 17.4. The minimum Gasteiger partial charge on any atom is -0.514 e. The van der Waals surface area contributed by atoms with Crippen molar-refractivity contribution in [3.63, 3.8) is 0 Å². The number of anilines is 1. The summed E-state index contributed by atoms with van der Waals surface area (Å²) in [6, 6.07) is 10.5. The Bertz CT molecular complexity index is 1000. The Hall–Kier alpha value is -1.60. The van der Waals surface area contributed by atoms with Gasteiger partial charge in [0.05, 0.1) is 10.0 Å². The largest absolute Gasteiger partial charge is 0.514 e. The Labute approximate surface area is 184 Å². The normalized spacial score (nSPS) is 9.77. The summed E-state index contributed by atoms with van der Waals surface area (Å²) < 4.78 is 5.62. The Morgan fingerprint density at radius 3 is 2.35 bits per heavy atom. The van der Waals surface area contributed by atoms with Crippen molar-refractivity contribution in [2.75, 3.05) is 5.73 Å². The van der Waals surface area contributed by atoms with Gasteiger partial charge < -0.3 is 10.5 Å². The van der Waals surface area contributed by atoms with E-state index in [4.69, 9.17) is 33.7 Å². The molecule has 0 spiro atoms. The van der Waals surface area contributed by atoms with Crippen LogP contribution in [-0.2, 0) is 32.7 Å². The maximum absolute atomic E-state index is 11.8. The van der Waals surface area contributed by atoms with E-state index in [0.717, 1.165) is 0 Å². The number of nitrogens with one attached hydrogen (secondary N) is 2. The number of H-pyrrole nitrogens is 2. The summed E-state index contributed by atoms with van der Waals surface area (Å²) >= 11 is 12.4. The van der Waals surface area contributed by atoms with Crippen LogP contribution in [0.2, 0.25) is 10.0 Å². The summed E-state index contributed by atoms with van der Waals surface area (Å²) in [6.45, 7) is 0. The van der Waals surface area contributed by atoms with Crippen LogP contribution in [0.15, 0.2) is 39.9 Å². The van der Waals surface area contributed by atoms with Crippen molar-refractivity contribution in [1.29, 1.82) is 0 Å². The number of ether oxygens (including phenoxy) is 1. The van der Waals surface area contributed by atoms with Crippen LogP contribution in [-0.4, -0.2) is 23.6 Å². The quantitative estimate of drug-likeness (QED) is 0.313. The topological polar surface area (TPSA) is 114 Å². The summed E-state index contributed by atoms with van der Waals surface area (Å²) in [7, 11) is 0. The average Bonchev–Trinajstić information content (AvgIpc) is 2.52. The van der Waals surface area contributed by atoms with Crippen molar-refractivity contribution in [3.05, 3.63) is 67.3 Å². The van der Waals surface area contributed by atoms with Crippen molar-refractivity contribution in [2.45, 2.75) is 0 Å². The molecule has 1 heterocycles. The molecule has 7 nitrogen and oxygen atoms in total. The van der Waals surface area contributed by atoms with E-state index in [1.54, 1.807) is 18.2 Å². The molecule has 1 aromatic heterocycles. The van der Waals surface area contributed by atoms with Crippen LogP contribution in [0.25, 0.3) is 11.3 Å². The standard InChI is InChI=1S/C15H9Cl2N4O3.B.Y/c16-10-5-7(12-14(22)19-15(23)21-20-12)6-11(17)13(10)24-9-3-1-8(18)2-4-9;;/h1,3-6H,18H2,(H2,19,21,22,23);;/q-1;;. The van der Waals surface area contributed by atoms with Crippen LogP contribution in [0.5, 0.6) is 11.5 Å². The van der Waals surface area contributed by atoms with Gasteiger partial charge in [0.1, 0.15) is 5.75 Å².